The van der Waals surface area contributed by atoms with E-state index < -0.39 is 11.7 Å². The smallest absolute Gasteiger partial charge is 0.416 e. The number of likely N-dealkylation sites (tertiary alicyclic amines) is 1. The van der Waals surface area contributed by atoms with Crippen LogP contribution in [0.4, 0.5) is 13.2 Å². The minimum atomic E-state index is -4.36. The molecule has 174 valence electrons. The number of benzene rings is 1. The number of hydrogen-bond donors (Lipinski definition) is 0. The van der Waals surface area contributed by atoms with Crippen LogP contribution in [0.1, 0.15) is 77.5 Å². The molecular formula is C25H36F3NO2. The highest BCUT2D eigenvalue weighted by Gasteiger charge is 2.35. The lowest BCUT2D eigenvalue weighted by atomic mass is 9.89. The van der Waals surface area contributed by atoms with E-state index in [9.17, 15) is 18.0 Å². The molecule has 0 saturated carbocycles. The summed E-state index contributed by atoms with van der Waals surface area (Å²) in [6.07, 6.45) is 3.23. The molecule has 2 rings (SSSR count). The minimum Gasteiger partial charge on any atom is -0.462 e. The molecule has 0 bridgehead atoms. The fourth-order valence-electron chi connectivity index (χ4n) is 4.14. The fraction of sp³-hybridized carbons (Fsp3) is 0.640. The molecule has 1 heterocycles. The first-order valence-electron chi connectivity index (χ1n) is 11.3. The molecule has 1 aliphatic rings. The SMILES string of the molecule is CC(=O)O[C@@H]1CCN([C@H](/C=C\C(C)C)CCC(C)C)[C@H](c2ccc(C(F)(F)F)cc2)C1. The lowest BCUT2D eigenvalue weighted by molar-refractivity contribution is -0.150. The van der Waals surface area contributed by atoms with E-state index in [2.05, 4.69) is 44.7 Å². The van der Waals surface area contributed by atoms with Gasteiger partial charge in [0.15, 0.2) is 0 Å². The predicted molar refractivity (Wildman–Crippen MR) is 118 cm³/mol. The number of halogens is 3. The van der Waals surface area contributed by atoms with E-state index >= 15 is 0 Å². The standard InChI is InChI=1S/C25H36F3NO2/c1-17(2)6-12-22(13-7-18(3)4)29-15-14-23(31-19(5)30)16-24(29)20-8-10-21(11-9-20)25(26,27)28/h6,8-12,17-18,22-24H,7,13-16H2,1-5H3/b12-6-/t22-,23-,24+/m1/s1. The molecule has 0 spiro atoms. The molecule has 0 amide bonds. The van der Waals surface area contributed by atoms with Gasteiger partial charge in [0.25, 0.3) is 0 Å². The number of carbonyl (C=O) groups excluding carboxylic acids is 1. The molecule has 0 radical (unpaired) electrons. The Kier molecular flexibility index (Phi) is 9.16. The van der Waals surface area contributed by atoms with Gasteiger partial charge in [0.05, 0.1) is 5.56 Å². The quantitative estimate of drug-likeness (QED) is 0.330. The molecule has 6 heteroatoms. The van der Waals surface area contributed by atoms with Crippen LogP contribution < -0.4 is 0 Å². The average Bonchev–Trinajstić information content (AvgIpc) is 2.67. The third-order valence-corrected chi connectivity index (χ3v) is 5.74. The second-order valence-electron chi connectivity index (χ2n) is 9.30. The van der Waals surface area contributed by atoms with Gasteiger partial charge in [-0.15, -0.1) is 0 Å². The third-order valence-electron chi connectivity index (χ3n) is 5.74. The first-order chi connectivity index (χ1) is 14.5. The van der Waals surface area contributed by atoms with E-state index in [-0.39, 0.29) is 24.2 Å². The number of carbonyl (C=O) groups is 1. The number of ether oxygens (including phenoxy) is 1. The maximum Gasteiger partial charge on any atom is 0.416 e. The van der Waals surface area contributed by atoms with Crippen LogP contribution >= 0.6 is 0 Å². The van der Waals surface area contributed by atoms with Crippen LogP contribution in [0.3, 0.4) is 0 Å². The van der Waals surface area contributed by atoms with Crippen LogP contribution in [0, 0.1) is 11.8 Å². The average molecular weight is 440 g/mol. The summed E-state index contributed by atoms with van der Waals surface area (Å²) in [5, 5.41) is 0. The largest absolute Gasteiger partial charge is 0.462 e. The van der Waals surface area contributed by atoms with Gasteiger partial charge in [0.1, 0.15) is 6.10 Å². The van der Waals surface area contributed by atoms with Crippen LogP contribution in [0.5, 0.6) is 0 Å². The Morgan fingerprint density at radius 2 is 1.77 bits per heavy atom. The van der Waals surface area contributed by atoms with Crippen LogP contribution in [-0.2, 0) is 15.7 Å². The summed E-state index contributed by atoms with van der Waals surface area (Å²) < 4.78 is 44.6. The van der Waals surface area contributed by atoms with Crippen LogP contribution in [0.25, 0.3) is 0 Å². The van der Waals surface area contributed by atoms with Crippen molar-refractivity contribution in [2.75, 3.05) is 6.54 Å². The normalized spacial score (nSPS) is 21.7. The summed E-state index contributed by atoms with van der Waals surface area (Å²) in [6, 6.07) is 5.53. The van der Waals surface area contributed by atoms with Gasteiger partial charge >= 0.3 is 12.1 Å². The zero-order chi connectivity index (χ0) is 23.2. The summed E-state index contributed by atoms with van der Waals surface area (Å²) in [7, 11) is 0. The first kappa shape index (κ1) is 25.4. The van der Waals surface area contributed by atoms with E-state index in [0.717, 1.165) is 43.5 Å². The summed E-state index contributed by atoms with van der Waals surface area (Å²) >= 11 is 0. The van der Waals surface area contributed by atoms with Gasteiger partial charge in [-0.1, -0.05) is 52.0 Å². The van der Waals surface area contributed by atoms with Crippen molar-refractivity contribution in [2.24, 2.45) is 11.8 Å². The van der Waals surface area contributed by atoms with E-state index in [4.69, 9.17) is 4.74 Å². The van der Waals surface area contributed by atoms with Crippen molar-refractivity contribution in [1.29, 1.82) is 0 Å². The van der Waals surface area contributed by atoms with Crippen molar-refractivity contribution in [1.82, 2.24) is 4.90 Å². The van der Waals surface area contributed by atoms with E-state index in [0.29, 0.717) is 18.3 Å². The molecule has 0 aromatic heterocycles. The van der Waals surface area contributed by atoms with Gasteiger partial charge in [-0.3, -0.25) is 9.69 Å². The molecule has 31 heavy (non-hydrogen) atoms. The van der Waals surface area contributed by atoms with Crippen molar-refractivity contribution in [3.8, 4) is 0 Å². The maximum absolute atomic E-state index is 13.0. The zero-order valence-corrected chi connectivity index (χ0v) is 19.3. The number of allylic oxidation sites excluding steroid dienone is 1. The Balaban J connectivity index is 2.35. The highest BCUT2D eigenvalue weighted by Crippen LogP contribution is 2.37. The first-order valence-corrected chi connectivity index (χ1v) is 11.3. The van der Waals surface area contributed by atoms with E-state index in [1.165, 1.54) is 6.92 Å². The minimum absolute atomic E-state index is 0.102. The monoisotopic (exact) mass is 439 g/mol. The Bertz CT molecular complexity index is 725. The maximum atomic E-state index is 13.0. The van der Waals surface area contributed by atoms with Crippen molar-refractivity contribution >= 4 is 5.97 Å². The second kappa shape index (κ2) is 11.2. The van der Waals surface area contributed by atoms with Gasteiger partial charge in [0, 0.05) is 32.0 Å². The molecule has 1 aromatic carbocycles. The van der Waals surface area contributed by atoms with E-state index in [1.54, 1.807) is 12.1 Å². The molecule has 3 nitrogen and oxygen atoms in total. The van der Waals surface area contributed by atoms with Gasteiger partial charge in [-0.2, -0.15) is 13.2 Å². The summed E-state index contributed by atoms with van der Waals surface area (Å²) in [5.41, 5.74) is 0.184. The van der Waals surface area contributed by atoms with Gasteiger partial charge in [-0.05, 0) is 48.8 Å². The predicted octanol–water partition coefficient (Wildman–Crippen LogP) is 6.79. The van der Waals surface area contributed by atoms with Crippen LogP contribution in [0.15, 0.2) is 36.4 Å². The Hall–Kier alpha value is -1.82. The molecule has 3 atom stereocenters. The number of alkyl halides is 3. The van der Waals surface area contributed by atoms with Crippen LogP contribution in [-0.4, -0.2) is 29.6 Å². The Morgan fingerprint density at radius 1 is 1.13 bits per heavy atom. The van der Waals surface area contributed by atoms with Gasteiger partial charge < -0.3 is 4.74 Å². The molecule has 1 fully saturated rings. The fourth-order valence-corrected chi connectivity index (χ4v) is 4.14. The van der Waals surface area contributed by atoms with Crippen molar-refractivity contribution in [3.63, 3.8) is 0 Å². The van der Waals surface area contributed by atoms with Crippen LogP contribution in [0.2, 0.25) is 0 Å². The molecule has 1 aromatic rings. The molecule has 0 aliphatic carbocycles. The number of hydrogen-bond acceptors (Lipinski definition) is 3. The summed E-state index contributed by atoms with van der Waals surface area (Å²) in [6.45, 7) is 10.8. The highest BCUT2D eigenvalue weighted by atomic mass is 19.4. The van der Waals surface area contributed by atoms with Crippen molar-refractivity contribution < 1.29 is 22.7 Å². The highest BCUT2D eigenvalue weighted by molar-refractivity contribution is 5.66. The van der Waals surface area contributed by atoms with Crippen molar-refractivity contribution in [2.45, 2.75) is 84.7 Å². The number of piperidine rings is 1. The Labute approximate surface area is 184 Å². The lowest BCUT2D eigenvalue weighted by Crippen LogP contribution is -2.45. The number of rotatable bonds is 8. The number of esters is 1. The van der Waals surface area contributed by atoms with Gasteiger partial charge in [-0.25, -0.2) is 0 Å². The zero-order valence-electron chi connectivity index (χ0n) is 19.3. The molecule has 0 unspecified atom stereocenters. The second-order valence-corrected chi connectivity index (χ2v) is 9.30. The third kappa shape index (κ3) is 7.99. The Morgan fingerprint density at radius 3 is 2.29 bits per heavy atom. The topological polar surface area (TPSA) is 29.5 Å². The molecule has 1 saturated heterocycles. The summed E-state index contributed by atoms with van der Waals surface area (Å²) in [4.78, 5) is 13.9. The number of nitrogens with zero attached hydrogens (tertiary/aromatic N) is 1. The van der Waals surface area contributed by atoms with E-state index in [1.807, 2.05) is 0 Å². The lowest BCUT2D eigenvalue weighted by Gasteiger charge is -2.43. The molecular weight excluding hydrogens is 403 g/mol. The summed E-state index contributed by atoms with van der Waals surface area (Å²) in [5.74, 6) is 0.670. The van der Waals surface area contributed by atoms with Gasteiger partial charge in [0.2, 0.25) is 0 Å². The molecule has 0 N–H and O–H groups in total. The van der Waals surface area contributed by atoms with Crippen molar-refractivity contribution in [3.05, 3.63) is 47.5 Å². The molecule has 1 aliphatic heterocycles.